The fourth-order valence-electron chi connectivity index (χ4n) is 3.06. The lowest BCUT2D eigenvalue weighted by Crippen LogP contribution is -2.46. The number of aliphatic hydroxyl groups excluding tert-OH is 1. The molecule has 2 unspecified atom stereocenters. The van der Waals surface area contributed by atoms with E-state index in [1.165, 1.54) is 0 Å². The Labute approximate surface area is 129 Å². The minimum atomic E-state index is -3.25. The Hall–Kier alpha value is -0.170. The van der Waals surface area contributed by atoms with Gasteiger partial charge in [0.1, 0.15) is 0 Å². The fourth-order valence-corrected chi connectivity index (χ4v) is 3.58. The van der Waals surface area contributed by atoms with Crippen molar-refractivity contribution in [2.75, 3.05) is 12.8 Å². The van der Waals surface area contributed by atoms with Crippen molar-refractivity contribution in [1.29, 1.82) is 0 Å². The zero-order chi connectivity index (χ0) is 16.3. The lowest BCUT2D eigenvalue weighted by atomic mass is 9.85. The highest BCUT2D eigenvalue weighted by molar-refractivity contribution is 7.88. The van der Waals surface area contributed by atoms with Crippen molar-refractivity contribution in [1.82, 2.24) is 4.72 Å². The Balaban J connectivity index is 2.65. The Morgan fingerprint density at radius 3 is 2.24 bits per heavy atom. The average Bonchev–Trinajstić information content (AvgIpc) is 2.72. The molecule has 0 bridgehead atoms. The van der Waals surface area contributed by atoms with E-state index in [0.717, 1.165) is 38.4 Å². The van der Waals surface area contributed by atoms with Gasteiger partial charge >= 0.3 is 0 Å². The molecule has 0 aromatic carbocycles. The summed E-state index contributed by atoms with van der Waals surface area (Å²) < 4.78 is 31.1. The molecule has 0 aromatic rings. The summed E-state index contributed by atoms with van der Waals surface area (Å²) in [6.07, 6.45) is 4.72. The summed E-state index contributed by atoms with van der Waals surface area (Å²) in [4.78, 5) is 0. The molecule has 6 heteroatoms. The number of sulfonamides is 1. The Morgan fingerprint density at radius 2 is 1.81 bits per heavy atom. The van der Waals surface area contributed by atoms with Gasteiger partial charge in [-0.05, 0) is 24.7 Å². The minimum Gasteiger partial charge on any atom is -0.368 e. The molecule has 0 aromatic heterocycles. The highest BCUT2D eigenvalue weighted by atomic mass is 32.2. The molecule has 0 heterocycles. The third kappa shape index (κ3) is 7.08. The standard InChI is InChI=1S/C15H31NO4S/c1-12(10-14(2,3)4)13(17)20-15(8-6-7-9-15)11-16-21(5,18)19/h12-13,16-17H,6-11H2,1-5H3. The summed E-state index contributed by atoms with van der Waals surface area (Å²) in [6.45, 7) is 8.61. The van der Waals surface area contributed by atoms with Gasteiger partial charge in [0.15, 0.2) is 6.29 Å². The van der Waals surface area contributed by atoms with Crippen LogP contribution in [0.5, 0.6) is 0 Å². The monoisotopic (exact) mass is 321 g/mol. The van der Waals surface area contributed by atoms with Gasteiger partial charge in [0.05, 0.1) is 11.9 Å². The summed E-state index contributed by atoms with van der Waals surface area (Å²) in [5.41, 5.74) is -0.438. The van der Waals surface area contributed by atoms with E-state index in [1.807, 2.05) is 6.92 Å². The molecule has 0 spiro atoms. The van der Waals surface area contributed by atoms with Crippen molar-refractivity contribution >= 4 is 10.0 Å². The van der Waals surface area contributed by atoms with E-state index in [-0.39, 0.29) is 17.9 Å². The lowest BCUT2D eigenvalue weighted by molar-refractivity contribution is -0.206. The first kappa shape index (κ1) is 18.9. The topological polar surface area (TPSA) is 75.6 Å². The molecule has 2 atom stereocenters. The van der Waals surface area contributed by atoms with Crippen LogP contribution in [0.25, 0.3) is 0 Å². The van der Waals surface area contributed by atoms with Crippen LogP contribution in [0, 0.1) is 11.3 Å². The predicted molar refractivity (Wildman–Crippen MR) is 84.4 cm³/mol. The van der Waals surface area contributed by atoms with Crippen LogP contribution in [-0.4, -0.2) is 38.2 Å². The lowest BCUT2D eigenvalue weighted by Gasteiger charge is -2.35. The predicted octanol–water partition coefficient (Wildman–Crippen LogP) is 2.26. The van der Waals surface area contributed by atoms with E-state index in [4.69, 9.17) is 4.74 Å². The Morgan fingerprint density at radius 1 is 1.29 bits per heavy atom. The second-order valence-corrected chi connectivity index (χ2v) is 9.57. The van der Waals surface area contributed by atoms with Crippen molar-refractivity contribution in [2.24, 2.45) is 11.3 Å². The summed E-state index contributed by atoms with van der Waals surface area (Å²) >= 11 is 0. The van der Waals surface area contributed by atoms with Crippen LogP contribution in [-0.2, 0) is 14.8 Å². The largest absolute Gasteiger partial charge is 0.368 e. The van der Waals surface area contributed by atoms with E-state index in [9.17, 15) is 13.5 Å². The number of rotatable bonds is 7. The van der Waals surface area contributed by atoms with Gasteiger partial charge in [-0.25, -0.2) is 13.1 Å². The van der Waals surface area contributed by atoms with Crippen molar-refractivity contribution in [3.8, 4) is 0 Å². The average molecular weight is 321 g/mol. The van der Waals surface area contributed by atoms with E-state index >= 15 is 0 Å². The van der Waals surface area contributed by atoms with Crippen LogP contribution in [0.15, 0.2) is 0 Å². The van der Waals surface area contributed by atoms with Gasteiger partial charge in [-0.1, -0.05) is 40.5 Å². The van der Waals surface area contributed by atoms with Crippen LogP contribution >= 0.6 is 0 Å². The Kier molecular flexibility index (Phi) is 6.24. The molecule has 1 fully saturated rings. The fraction of sp³-hybridized carbons (Fsp3) is 1.00. The Bertz CT molecular complexity index is 421. The van der Waals surface area contributed by atoms with Crippen LogP contribution in [0.1, 0.15) is 59.8 Å². The molecule has 0 amide bonds. The molecule has 1 rings (SSSR count). The number of aliphatic hydroxyl groups is 1. The van der Waals surface area contributed by atoms with Crippen molar-refractivity contribution < 1.29 is 18.3 Å². The van der Waals surface area contributed by atoms with Gasteiger partial charge in [-0.15, -0.1) is 0 Å². The molecule has 5 nitrogen and oxygen atoms in total. The summed E-state index contributed by atoms with van der Waals surface area (Å²) in [5, 5.41) is 10.3. The van der Waals surface area contributed by atoms with Gasteiger partial charge in [-0.3, -0.25) is 0 Å². The van der Waals surface area contributed by atoms with E-state index in [0.29, 0.717) is 0 Å². The molecular formula is C15H31NO4S. The molecule has 0 aliphatic heterocycles. The maximum absolute atomic E-state index is 11.3. The smallest absolute Gasteiger partial charge is 0.208 e. The maximum atomic E-state index is 11.3. The number of ether oxygens (including phenoxy) is 1. The first-order chi connectivity index (χ1) is 9.43. The minimum absolute atomic E-state index is 0.0145. The molecule has 126 valence electrons. The molecular weight excluding hydrogens is 290 g/mol. The molecule has 1 saturated carbocycles. The maximum Gasteiger partial charge on any atom is 0.208 e. The highest BCUT2D eigenvalue weighted by Crippen LogP contribution is 2.36. The van der Waals surface area contributed by atoms with Crippen molar-refractivity contribution in [3.05, 3.63) is 0 Å². The highest BCUT2D eigenvalue weighted by Gasteiger charge is 2.39. The third-order valence-corrected chi connectivity index (χ3v) is 4.63. The molecule has 2 N–H and O–H groups in total. The van der Waals surface area contributed by atoms with Crippen LogP contribution in [0.3, 0.4) is 0 Å². The van der Waals surface area contributed by atoms with Gasteiger partial charge < -0.3 is 9.84 Å². The summed E-state index contributed by atoms with van der Waals surface area (Å²) in [5.74, 6) is 0.0145. The van der Waals surface area contributed by atoms with E-state index < -0.39 is 21.9 Å². The molecule has 1 aliphatic rings. The molecule has 21 heavy (non-hydrogen) atoms. The zero-order valence-electron chi connectivity index (χ0n) is 14.0. The van der Waals surface area contributed by atoms with Crippen molar-refractivity contribution in [3.63, 3.8) is 0 Å². The second kappa shape index (κ2) is 6.94. The summed E-state index contributed by atoms with van der Waals surface area (Å²) in [7, 11) is -3.25. The summed E-state index contributed by atoms with van der Waals surface area (Å²) in [6, 6.07) is 0. The second-order valence-electron chi connectivity index (χ2n) is 7.73. The van der Waals surface area contributed by atoms with Gasteiger partial charge in [-0.2, -0.15) is 0 Å². The van der Waals surface area contributed by atoms with Gasteiger partial charge in [0.2, 0.25) is 10.0 Å². The zero-order valence-corrected chi connectivity index (χ0v) is 14.8. The number of hydrogen-bond acceptors (Lipinski definition) is 4. The quantitative estimate of drug-likeness (QED) is 0.705. The normalized spacial score (nSPS) is 22.2. The van der Waals surface area contributed by atoms with Crippen LogP contribution in [0.4, 0.5) is 0 Å². The van der Waals surface area contributed by atoms with Crippen molar-refractivity contribution in [2.45, 2.75) is 71.7 Å². The third-order valence-electron chi connectivity index (χ3n) is 3.96. The SMILES string of the molecule is CC(CC(C)(C)C)C(O)OC1(CNS(C)(=O)=O)CCCC1. The van der Waals surface area contributed by atoms with Gasteiger partial charge in [0, 0.05) is 12.5 Å². The number of hydrogen-bond donors (Lipinski definition) is 2. The number of nitrogens with one attached hydrogen (secondary N) is 1. The molecule has 0 radical (unpaired) electrons. The van der Waals surface area contributed by atoms with E-state index in [1.54, 1.807) is 0 Å². The first-order valence-electron chi connectivity index (χ1n) is 7.73. The first-order valence-corrected chi connectivity index (χ1v) is 9.62. The van der Waals surface area contributed by atoms with E-state index in [2.05, 4.69) is 25.5 Å². The van der Waals surface area contributed by atoms with Crippen LogP contribution < -0.4 is 4.72 Å². The van der Waals surface area contributed by atoms with Crippen LogP contribution in [0.2, 0.25) is 0 Å². The van der Waals surface area contributed by atoms with Gasteiger partial charge in [0.25, 0.3) is 0 Å². The molecule has 1 aliphatic carbocycles. The molecule has 0 saturated heterocycles.